The van der Waals surface area contributed by atoms with Crippen LogP contribution in [0.25, 0.3) is 5.32 Å². The SMILES string of the molecule is CC1C[N-]CC(C)N1.[W]. The van der Waals surface area contributed by atoms with E-state index in [1.54, 1.807) is 0 Å². The second kappa shape index (κ2) is 4.43. The van der Waals surface area contributed by atoms with Gasteiger partial charge in [0.05, 0.1) is 0 Å². The van der Waals surface area contributed by atoms with E-state index < -0.39 is 0 Å². The van der Waals surface area contributed by atoms with E-state index in [1.807, 2.05) is 0 Å². The second-order valence-corrected chi connectivity index (χ2v) is 2.56. The fraction of sp³-hybridized carbons (Fsp3) is 1.00. The first-order valence-electron chi connectivity index (χ1n) is 3.18. The van der Waals surface area contributed by atoms with Gasteiger partial charge < -0.3 is 10.6 Å². The first kappa shape index (κ1) is 9.61. The maximum Gasteiger partial charge on any atom is 0 e. The molecule has 0 aromatic carbocycles. The summed E-state index contributed by atoms with van der Waals surface area (Å²) in [5.74, 6) is 0. The largest absolute Gasteiger partial charge is 0.660 e. The molecule has 0 radical (unpaired) electrons. The van der Waals surface area contributed by atoms with Crippen LogP contribution in [0, 0.1) is 0 Å². The molecule has 0 spiro atoms. The minimum atomic E-state index is 0. The van der Waals surface area contributed by atoms with Gasteiger partial charge in [-0.25, -0.2) is 0 Å². The molecule has 3 heteroatoms. The van der Waals surface area contributed by atoms with Crippen molar-refractivity contribution in [2.75, 3.05) is 13.1 Å². The van der Waals surface area contributed by atoms with Crippen molar-refractivity contribution in [3.05, 3.63) is 5.32 Å². The summed E-state index contributed by atoms with van der Waals surface area (Å²) in [6, 6.07) is 1.19. The van der Waals surface area contributed by atoms with Gasteiger partial charge in [-0.05, 0) is 12.1 Å². The summed E-state index contributed by atoms with van der Waals surface area (Å²) in [6.07, 6.45) is 0. The van der Waals surface area contributed by atoms with Crippen molar-refractivity contribution in [3.63, 3.8) is 0 Å². The van der Waals surface area contributed by atoms with Crippen LogP contribution in [0.15, 0.2) is 0 Å². The predicted molar refractivity (Wildman–Crippen MR) is 35.2 cm³/mol. The number of piperazine rings is 1. The van der Waals surface area contributed by atoms with Crippen LogP contribution in [0.2, 0.25) is 0 Å². The van der Waals surface area contributed by atoms with Gasteiger partial charge in [0.15, 0.2) is 0 Å². The molecule has 0 amide bonds. The van der Waals surface area contributed by atoms with Crippen LogP contribution < -0.4 is 5.32 Å². The molecular weight excluding hydrogens is 284 g/mol. The van der Waals surface area contributed by atoms with Crippen molar-refractivity contribution in [3.8, 4) is 0 Å². The van der Waals surface area contributed by atoms with Gasteiger partial charge in [-0.15, -0.1) is 13.1 Å². The molecule has 0 saturated carbocycles. The molecule has 1 heterocycles. The van der Waals surface area contributed by atoms with Crippen molar-refractivity contribution in [2.24, 2.45) is 0 Å². The van der Waals surface area contributed by atoms with Crippen LogP contribution in [0.3, 0.4) is 0 Å². The number of nitrogens with zero attached hydrogens (tertiary/aromatic N) is 1. The van der Waals surface area contributed by atoms with Crippen molar-refractivity contribution in [1.29, 1.82) is 0 Å². The first-order chi connectivity index (χ1) is 3.79. The Hall–Kier alpha value is 0.608. The van der Waals surface area contributed by atoms with Gasteiger partial charge in [0.25, 0.3) is 0 Å². The fourth-order valence-electron chi connectivity index (χ4n) is 1.05. The minimum absolute atomic E-state index is 0. The zero-order valence-corrected chi connectivity index (χ0v) is 8.86. The topological polar surface area (TPSA) is 26.1 Å². The molecular formula is C6H13N2W-. The molecule has 0 aliphatic carbocycles. The van der Waals surface area contributed by atoms with Gasteiger partial charge in [0.1, 0.15) is 0 Å². The van der Waals surface area contributed by atoms with E-state index in [-0.39, 0.29) is 21.1 Å². The maximum absolute atomic E-state index is 4.28. The monoisotopic (exact) mass is 297 g/mol. The molecule has 1 aliphatic heterocycles. The summed E-state index contributed by atoms with van der Waals surface area (Å²) in [5, 5.41) is 7.66. The molecule has 0 aromatic rings. The average Bonchev–Trinajstić information content (AvgIpc) is 1.64. The van der Waals surface area contributed by atoms with E-state index in [1.165, 1.54) is 0 Å². The third-order valence-corrected chi connectivity index (χ3v) is 1.37. The summed E-state index contributed by atoms with van der Waals surface area (Å²) in [6.45, 7) is 6.31. The Balaban J connectivity index is 0.000000640. The molecule has 1 fully saturated rings. The molecule has 0 aromatic heterocycles. The fourth-order valence-corrected chi connectivity index (χ4v) is 1.05. The van der Waals surface area contributed by atoms with E-state index in [0.29, 0.717) is 12.1 Å². The van der Waals surface area contributed by atoms with Gasteiger partial charge in [-0.1, -0.05) is 13.8 Å². The van der Waals surface area contributed by atoms with Crippen LogP contribution in [0.1, 0.15) is 13.8 Å². The Kier molecular flexibility index (Phi) is 4.73. The third-order valence-electron chi connectivity index (χ3n) is 1.37. The van der Waals surface area contributed by atoms with Crippen molar-refractivity contribution >= 4 is 0 Å². The summed E-state index contributed by atoms with van der Waals surface area (Å²) in [4.78, 5) is 0. The summed E-state index contributed by atoms with van der Waals surface area (Å²) in [7, 11) is 0. The minimum Gasteiger partial charge on any atom is -0.660 e. The zero-order valence-electron chi connectivity index (χ0n) is 5.92. The number of nitrogens with one attached hydrogen (secondary N) is 1. The van der Waals surface area contributed by atoms with Gasteiger partial charge >= 0.3 is 0 Å². The first-order valence-corrected chi connectivity index (χ1v) is 3.18. The molecule has 2 nitrogen and oxygen atoms in total. The smallest absolute Gasteiger partial charge is 0 e. The Labute approximate surface area is 71.0 Å². The van der Waals surface area contributed by atoms with Gasteiger partial charge in [0.2, 0.25) is 0 Å². The van der Waals surface area contributed by atoms with Crippen LogP contribution in [-0.4, -0.2) is 25.2 Å². The number of hydrogen-bond acceptors (Lipinski definition) is 1. The van der Waals surface area contributed by atoms with Gasteiger partial charge in [-0.2, -0.15) is 0 Å². The Morgan fingerprint density at radius 3 is 1.89 bits per heavy atom. The quantitative estimate of drug-likeness (QED) is 0.701. The zero-order chi connectivity index (χ0) is 5.98. The Bertz CT molecular complexity index is 69.5. The Morgan fingerprint density at radius 1 is 1.22 bits per heavy atom. The van der Waals surface area contributed by atoms with Crippen molar-refractivity contribution < 1.29 is 21.1 Å². The second-order valence-electron chi connectivity index (χ2n) is 2.56. The van der Waals surface area contributed by atoms with E-state index in [4.69, 9.17) is 0 Å². The van der Waals surface area contributed by atoms with Crippen LogP contribution in [0.4, 0.5) is 0 Å². The van der Waals surface area contributed by atoms with Gasteiger partial charge in [0, 0.05) is 21.1 Å². The summed E-state index contributed by atoms with van der Waals surface area (Å²) < 4.78 is 0. The van der Waals surface area contributed by atoms with Gasteiger partial charge in [-0.3, -0.25) is 0 Å². The maximum atomic E-state index is 4.28. The standard InChI is InChI=1S/C6H13N2.W/c1-5-3-7-4-6(2)8-5;/h5-6,8H,3-4H2,1-2H3;/q-1;. The van der Waals surface area contributed by atoms with E-state index in [2.05, 4.69) is 24.5 Å². The normalized spacial score (nSPS) is 35.3. The molecule has 2 atom stereocenters. The molecule has 1 rings (SSSR count). The molecule has 1 saturated heterocycles. The third kappa shape index (κ3) is 3.34. The Morgan fingerprint density at radius 2 is 1.67 bits per heavy atom. The van der Waals surface area contributed by atoms with Crippen molar-refractivity contribution in [1.82, 2.24) is 5.32 Å². The van der Waals surface area contributed by atoms with Crippen LogP contribution in [0.5, 0.6) is 0 Å². The molecule has 1 aliphatic rings. The summed E-state index contributed by atoms with van der Waals surface area (Å²) in [5.41, 5.74) is 0. The number of rotatable bonds is 0. The molecule has 1 N–H and O–H groups in total. The van der Waals surface area contributed by atoms with Crippen LogP contribution >= 0.6 is 0 Å². The molecule has 9 heavy (non-hydrogen) atoms. The summed E-state index contributed by atoms with van der Waals surface area (Å²) >= 11 is 0. The molecule has 2 unspecified atom stereocenters. The van der Waals surface area contributed by atoms with Crippen molar-refractivity contribution in [2.45, 2.75) is 25.9 Å². The molecule has 54 valence electrons. The van der Waals surface area contributed by atoms with E-state index in [0.717, 1.165) is 13.1 Å². The number of hydrogen-bond donors (Lipinski definition) is 1. The van der Waals surface area contributed by atoms with E-state index >= 15 is 0 Å². The predicted octanol–water partition coefficient (Wildman–Crippen LogP) is 0.738. The molecule has 0 bridgehead atoms. The average molecular weight is 297 g/mol. The van der Waals surface area contributed by atoms with E-state index in [9.17, 15) is 0 Å². The van der Waals surface area contributed by atoms with Crippen LogP contribution in [-0.2, 0) is 21.1 Å².